The van der Waals surface area contributed by atoms with Crippen LogP contribution in [0.1, 0.15) is 19.3 Å². The van der Waals surface area contributed by atoms with Crippen LogP contribution in [0.25, 0.3) is 0 Å². The van der Waals surface area contributed by atoms with Crippen LogP contribution < -0.4 is 4.90 Å². The Kier molecular flexibility index (Phi) is 3.25. The molecule has 20 heavy (non-hydrogen) atoms. The van der Waals surface area contributed by atoms with E-state index in [2.05, 4.69) is 0 Å². The molecule has 2 heterocycles. The predicted molar refractivity (Wildman–Crippen MR) is 68.1 cm³/mol. The van der Waals surface area contributed by atoms with Crippen molar-refractivity contribution in [1.29, 1.82) is 0 Å². The van der Waals surface area contributed by atoms with E-state index in [9.17, 15) is 18.4 Å². The maximum absolute atomic E-state index is 13.3. The molecule has 0 aliphatic carbocycles. The Balaban J connectivity index is 1.87. The summed E-state index contributed by atoms with van der Waals surface area (Å²) in [5.41, 5.74) is 0.0978. The molecule has 2 aliphatic heterocycles. The Labute approximate surface area is 115 Å². The highest BCUT2D eigenvalue weighted by atomic mass is 19.2. The van der Waals surface area contributed by atoms with Crippen molar-refractivity contribution in [3.8, 4) is 0 Å². The molecule has 2 saturated heterocycles. The van der Waals surface area contributed by atoms with Gasteiger partial charge < -0.3 is 0 Å². The monoisotopic (exact) mass is 280 g/mol. The summed E-state index contributed by atoms with van der Waals surface area (Å²) in [6.07, 6.45) is 2.14. The molecule has 0 saturated carbocycles. The first kappa shape index (κ1) is 13.2. The third kappa shape index (κ3) is 2.10. The molecule has 0 unspecified atom stereocenters. The van der Waals surface area contributed by atoms with Crippen LogP contribution in [0.2, 0.25) is 0 Å². The van der Waals surface area contributed by atoms with Gasteiger partial charge in [0.2, 0.25) is 5.91 Å². The number of likely N-dealkylation sites (tertiary alicyclic amines) is 1. The van der Waals surface area contributed by atoms with Crippen molar-refractivity contribution in [2.45, 2.75) is 25.3 Å². The van der Waals surface area contributed by atoms with Gasteiger partial charge in [-0.05, 0) is 38.1 Å². The summed E-state index contributed by atoms with van der Waals surface area (Å²) in [5.74, 6) is -2.77. The fourth-order valence-electron chi connectivity index (χ4n) is 2.85. The van der Waals surface area contributed by atoms with Crippen LogP contribution in [0.15, 0.2) is 18.2 Å². The zero-order valence-electron chi connectivity index (χ0n) is 10.8. The van der Waals surface area contributed by atoms with Crippen molar-refractivity contribution in [2.24, 2.45) is 0 Å². The molecule has 1 aromatic carbocycles. The molecule has 3 rings (SSSR count). The summed E-state index contributed by atoms with van der Waals surface area (Å²) in [6, 6.07) is 2.60. The average Bonchev–Trinajstić information content (AvgIpc) is 3.02. The quantitative estimate of drug-likeness (QED) is 0.774. The van der Waals surface area contributed by atoms with Crippen molar-refractivity contribution in [2.75, 3.05) is 18.0 Å². The van der Waals surface area contributed by atoms with Crippen LogP contribution in [0, 0.1) is 11.6 Å². The molecule has 0 bridgehead atoms. The van der Waals surface area contributed by atoms with Crippen LogP contribution in [-0.2, 0) is 9.59 Å². The lowest BCUT2D eigenvalue weighted by molar-refractivity contribution is -0.122. The normalized spacial score (nSPS) is 23.9. The first-order chi connectivity index (χ1) is 9.58. The molecule has 2 fully saturated rings. The van der Waals surface area contributed by atoms with Gasteiger partial charge in [0, 0.05) is 6.07 Å². The SMILES string of the molecule is O=C1C[C@H](N2CCCC2)C(=O)N1c1ccc(F)c(F)c1. The molecule has 1 atom stereocenters. The van der Waals surface area contributed by atoms with Crippen molar-refractivity contribution in [3.63, 3.8) is 0 Å². The van der Waals surface area contributed by atoms with E-state index in [0.717, 1.165) is 43.0 Å². The Bertz CT molecular complexity index is 570. The second-order valence-corrected chi connectivity index (χ2v) is 5.13. The molecular formula is C14H14F2N2O2. The van der Waals surface area contributed by atoms with E-state index < -0.39 is 17.7 Å². The lowest BCUT2D eigenvalue weighted by Gasteiger charge is -2.21. The first-order valence-electron chi connectivity index (χ1n) is 6.64. The van der Waals surface area contributed by atoms with Gasteiger partial charge in [-0.2, -0.15) is 0 Å². The Hall–Kier alpha value is -1.82. The molecule has 1 aromatic rings. The third-order valence-corrected chi connectivity index (χ3v) is 3.87. The molecular weight excluding hydrogens is 266 g/mol. The number of halogens is 2. The lowest BCUT2D eigenvalue weighted by Crippen LogP contribution is -2.40. The van der Waals surface area contributed by atoms with Gasteiger partial charge in [0.15, 0.2) is 11.6 Å². The van der Waals surface area contributed by atoms with Crippen LogP contribution in [0.5, 0.6) is 0 Å². The smallest absolute Gasteiger partial charge is 0.251 e. The highest BCUT2D eigenvalue weighted by molar-refractivity contribution is 6.22. The van der Waals surface area contributed by atoms with Crippen molar-refractivity contribution < 1.29 is 18.4 Å². The zero-order valence-corrected chi connectivity index (χ0v) is 10.8. The van der Waals surface area contributed by atoms with Crippen LogP contribution in [0.3, 0.4) is 0 Å². The number of carbonyl (C=O) groups is 2. The number of imide groups is 1. The van der Waals surface area contributed by atoms with Crippen molar-refractivity contribution in [3.05, 3.63) is 29.8 Å². The number of rotatable bonds is 2. The van der Waals surface area contributed by atoms with E-state index in [0.29, 0.717) is 0 Å². The van der Waals surface area contributed by atoms with Crippen LogP contribution >= 0.6 is 0 Å². The third-order valence-electron chi connectivity index (χ3n) is 3.87. The number of benzene rings is 1. The number of amides is 2. The van der Waals surface area contributed by atoms with Gasteiger partial charge in [0.05, 0.1) is 18.2 Å². The summed E-state index contributed by atoms with van der Waals surface area (Å²) >= 11 is 0. The van der Waals surface area contributed by atoms with Gasteiger partial charge in [0.25, 0.3) is 5.91 Å². The van der Waals surface area contributed by atoms with E-state index >= 15 is 0 Å². The topological polar surface area (TPSA) is 40.6 Å². The minimum Gasteiger partial charge on any atom is -0.292 e. The van der Waals surface area contributed by atoms with Gasteiger partial charge in [0.1, 0.15) is 0 Å². The first-order valence-corrected chi connectivity index (χ1v) is 6.64. The van der Waals surface area contributed by atoms with E-state index in [1.165, 1.54) is 6.07 Å². The predicted octanol–water partition coefficient (Wildman–Crippen LogP) is 1.69. The van der Waals surface area contributed by atoms with Crippen LogP contribution in [0.4, 0.5) is 14.5 Å². The summed E-state index contributed by atoms with van der Waals surface area (Å²) in [7, 11) is 0. The van der Waals surface area contributed by atoms with E-state index in [4.69, 9.17) is 0 Å². The molecule has 2 aliphatic rings. The van der Waals surface area contributed by atoms with E-state index in [1.54, 1.807) is 0 Å². The van der Waals surface area contributed by atoms with E-state index in [-0.39, 0.29) is 23.9 Å². The Morgan fingerprint density at radius 3 is 2.40 bits per heavy atom. The van der Waals surface area contributed by atoms with Gasteiger partial charge in [-0.25, -0.2) is 13.7 Å². The largest absolute Gasteiger partial charge is 0.292 e. The fourth-order valence-corrected chi connectivity index (χ4v) is 2.85. The summed E-state index contributed by atoms with van der Waals surface area (Å²) < 4.78 is 26.2. The van der Waals surface area contributed by atoms with Crippen molar-refractivity contribution >= 4 is 17.5 Å². The highest BCUT2D eigenvalue weighted by Gasteiger charge is 2.43. The standard InChI is InChI=1S/C14H14F2N2O2/c15-10-4-3-9(7-11(10)16)18-13(19)8-12(14(18)20)17-5-1-2-6-17/h3-4,7,12H,1-2,5-6,8H2/t12-/m0/s1. The van der Waals surface area contributed by atoms with Crippen LogP contribution in [-0.4, -0.2) is 35.8 Å². The zero-order chi connectivity index (χ0) is 14.3. The molecule has 4 nitrogen and oxygen atoms in total. The number of anilines is 1. The molecule has 0 spiro atoms. The van der Waals surface area contributed by atoms with Gasteiger partial charge in [-0.15, -0.1) is 0 Å². The molecule has 0 aromatic heterocycles. The Morgan fingerprint density at radius 2 is 1.75 bits per heavy atom. The fraction of sp³-hybridized carbons (Fsp3) is 0.429. The number of nitrogens with zero attached hydrogens (tertiary/aromatic N) is 2. The highest BCUT2D eigenvalue weighted by Crippen LogP contribution is 2.28. The number of hydrogen-bond acceptors (Lipinski definition) is 3. The molecule has 2 amide bonds. The van der Waals surface area contributed by atoms with Gasteiger partial charge in [-0.1, -0.05) is 0 Å². The van der Waals surface area contributed by atoms with Gasteiger partial charge >= 0.3 is 0 Å². The molecule has 106 valence electrons. The minimum absolute atomic E-state index is 0.0978. The second-order valence-electron chi connectivity index (χ2n) is 5.13. The van der Waals surface area contributed by atoms with E-state index in [1.807, 2.05) is 4.90 Å². The molecule has 6 heteroatoms. The molecule has 0 radical (unpaired) electrons. The lowest BCUT2D eigenvalue weighted by atomic mass is 10.2. The molecule has 0 N–H and O–H groups in total. The summed E-state index contributed by atoms with van der Waals surface area (Å²) in [4.78, 5) is 27.3. The summed E-state index contributed by atoms with van der Waals surface area (Å²) in [5, 5.41) is 0. The maximum atomic E-state index is 13.3. The number of hydrogen-bond donors (Lipinski definition) is 0. The average molecular weight is 280 g/mol. The Morgan fingerprint density at radius 1 is 1.05 bits per heavy atom. The number of carbonyl (C=O) groups excluding carboxylic acids is 2. The maximum Gasteiger partial charge on any atom is 0.251 e. The van der Waals surface area contributed by atoms with Crippen molar-refractivity contribution in [1.82, 2.24) is 4.90 Å². The van der Waals surface area contributed by atoms with Gasteiger partial charge in [-0.3, -0.25) is 14.5 Å². The summed E-state index contributed by atoms with van der Waals surface area (Å²) in [6.45, 7) is 1.60. The minimum atomic E-state index is -1.06. The second kappa shape index (κ2) is 4.94.